The maximum absolute atomic E-state index is 11.9. The van der Waals surface area contributed by atoms with E-state index < -0.39 is 0 Å². The van der Waals surface area contributed by atoms with Crippen LogP contribution in [0.5, 0.6) is 11.5 Å². The highest BCUT2D eigenvalue weighted by molar-refractivity contribution is 9.10. The van der Waals surface area contributed by atoms with E-state index in [0.717, 1.165) is 40.1 Å². The topological polar surface area (TPSA) is 59.6 Å². The lowest BCUT2D eigenvalue weighted by Crippen LogP contribution is -2.18. The summed E-state index contributed by atoms with van der Waals surface area (Å²) in [6, 6.07) is 12.2. The van der Waals surface area contributed by atoms with Crippen molar-refractivity contribution in [3.63, 3.8) is 0 Å². The van der Waals surface area contributed by atoms with Crippen LogP contribution >= 0.6 is 15.9 Å². The molecular formula is C22H27BrN2O3. The van der Waals surface area contributed by atoms with E-state index in [2.05, 4.69) is 45.6 Å². The van der Waals surface area contributed by atoms with Gasteiger partial charge in [-0.15, -0.1) is 0 Å². The lowest BCUT2D eigenvalue weighted by molar-refractivity contribution is -0.117. The van der Waals surface area contributed by atoms with Crippen molar-refractivity contribution in [2.45, 2.75) is 39.3 Å². The highest BCUT2D eigenvalue weighted by Crippen LogP contribution is 2.36. The van der Waals surface area contributed by atoms with Crippen LogP contribution in [0.4, 0.5) is 5.69 Å². The van der Waals surface area contributed by atoms with E-state index in [1.807, 2.05) is 31.2 Å². The van der Waals surface area contributed by atoms with Gasteiger partial charge < -0.3 is 20.1 Å². The number of carbonyl (C=O) groups excluding carboxylic acids is 1. The Hall–Kier alpha value is -2.05. The van der Waals surface area contributed by atoms with Gasteiger partial charge in [-0.2, -0.15) is 0 Å². The van der Waals surface area contributed by atoms with Crippen molar-refractivity contribution in [3.05, 3.63) is 52.0 Å². The number of nitrogens with one attached hydrogen (secondary N) is 2. The molecule has 1 aliphatic carbocycles. The van der Waals surface area contributed by atoms with Crippen molar-refractivity contribution >= 4 is 27.5 Å². The van der Waals surface area contributed by atoms with Crippen LogP contribution in [-0.2, 0) is 11.3 Å². The summed E-state index contributed by atoms with van der Waals surface area (Å²) in [6.07, 6.45) is 2.02. The second-order valence-corrected chi connectivity index (χ2v) is 7.88. The molecule has 0 radical (unpaired) electrons. The maximum Gasteiger partial charge on any atom is 0.227 e. The first-order chi connectivity index (χ1) is 13.5. The highest BCUT2D eigenvalue weighted by atomic mass is 79.9. The van der Waals surface area contributed by atoms with E-state index in [1.165, 1.54) is 5.56 Å². The Labute approximate surface area is 174 Å². The quantitative estimate of drug-likeness (QED) is 0.565. The monoisotopic (exact) mass is 446 g/mol. The van der Waals surface area contributed by atoms with Crippen LogP contribution < -0.4 is 20.1 Å². The number of benzene rings is 2. The number of anilines is 1. The molecule has 150 valence electrons. The largest absolute Gasteiger partial charge is 0.493 e. The number of methoxy groups -OCH3 is 1. The zero-order valence-corrected chi connectivity index (χ0v) is 18.1. The number of amides is 1. The van der Waals surface area contributed by atoms with Crippen molar-refractivity contribution in [2.75, 3.05) is 19.0 Å². The predicted octanol–water partition coefficient (Wildman–Crippen LogP) is 5.06. The summed E-state index contributed by atoms with van der Waals surface area (Å²) in [5, 5.41) is 6.50. The molecule has 0 aliphatic heterocycles. The number of ether oxygens (including phenoxy) is 2. The van der Waals surface area contributed by atoms with E-state index in [9.17, 15) is 4.79 Å². The van der Waals surface area contributed by atoms with Gasteiger partial charge in [-0.1, -0.05) is 12.1 Å². The summed E-state index contributed by atoms with van der Waals surface area (Å²) in [5.74, 6) is 1.79. The van der Waals surface area contributed by atoms with Gasteiger partial charge >= 0.3 is 0 Å². The lowest BCUT2D eigenvalue weighted by Gasteiger charge is -2.17. The fourth-order valence-electron chi connectivity index (χ4n) is 2.99. The Morgan fingerprint density at radius 3 is 2.57 bits per heavy atom. The van der Waals surface area contributed by atoms with Gasteiger partial charge in [-0.3, -0.25) is 4.79 Å². The summed E-state index contributed by atoms with van der Waals surface area (Å²) >= 11 is 3.57. The normalized spacial score (nSPS) is 14.4. The Bertz CT molecular complexity index is 819. The Balaban J connectivity index is 1.59. The average Bonchev–Trinajstić information content (AvgIpc) is 3.54. The third kappa shape index (κ3) is 5.26. The molecule has 0 spiro atoms. The summed E-state index contributed by atoms with van der Waals surface area (Å²) in [6.45, 7) is 5.35. The number of carbonyl (C=O) groups is 1. The molecule has 2 aromatic carbocycles. The smallest absolute Gasteiger partial charge is 0.227 e. The number of hydrogen-bond donors (Lipinski definition) is 2. The Morgan fingerprint density at radius 1 is 1.25 bits per heavy atom. The zero-order valence-electron chi connectivity index (χ0n) is 16.5. The van der Waals surface area contributed by atoms with Gasteiger partial charge in [0.2, 0.25) is 5.91 Å². The first kappa shape index (κ1) is 20.7. The molecule has 3 rings (SSSR count). The summed E-state index contributed by atoms with van der Waals surface area (Å²) < 4.78 is 12.0. The van der Waals surface area contributed by atoms with Gasteiger partial charge in [-0.25, -0.2) is 0 Å². The Morgan fingerprint density at radius 2 is 1.96 bits per heavy atom. The van der Waals surface area contributed by atoms with Gasteiger partial charge in [-0.05, 0) is 78.0 Å². The first-order valence-electron chi connectivity index (χ1n) is 9.65. The zero-order chi connectivity index (χ0) is 20.1. The summed E-state index contributed by atoms with van der Waals surface area (Å²) in [7, 11) is 1.65. The fourth-order valence-corrected chi connectivity index (χ4v) is 3.60. The fraction of sp³-hybridized carbons (Fsp3) is 0.409. The highest BCUT2D eigenvalue weighted by Gasteiger charge is 2.29. The van der Waals surface area contributed by atoms with Crippen molar-refractivity contribution in [2.24, 2.45) is 5.92 Å². The summed E-state index contributed by atoms with van der Waals surface area (Å²) in [5.41, 5.74) is 3.13. The van der Waals surface area contributed by atoms with Crippen molar-refractivity contribution in [1.29, 1.82) is 0 Å². The molecule has 1 saturated carbocycles. The molecule has 1 aliphatic rings. The van der Waals surface area contributed by atoms with Crippen LogP contribution in [0.25, 0.3) is 0 Å². The molecule has 2 N–H and O–H groups in total. The Kier molecular flexibility index (Phi) is 6.97. The van der Waals surface area contributed by atoms with Crippen molar-refractivity contribution in [3.8, 4) is 11.5 Å². The lowest BCUT2D eigenvalue weighted by atomic mass is 10.1. The molecule has 1 amide bonds. The molecule has 28 heavy (non-hydrogen) atoms. The van der Waals surface area contributed by atoms with Gasteiger partial charge in [0.1, 0.15) is 0 Å². The van der Waals surface area contributed by atoms with Crippen LogP contribution in [0.1, 0.15) is 43.9 Å². The molecule has 0 bridgehead atoms. The van der Waals surface area contributed by atoms with Crippen LogP contribution in [0, 0.1) is 5.92 Å². The SMILES string of the molecule is CCOc1c(Br)cc(CNC(C)c2ccc(NC(=O)C3CC3)cc2)cc1OC. The first-order valence-corrected chi connectivity index (χ1v) is 10.4. The molecule has 1 unspecified atom stereocenters. The van der Waals surface area contributed by atoms with Crippen LogP contribution in [0.3, 0.4) is 0 Å². The average molecular weight is 447 g/mol. The van der Waals surface area contributed by atoms with E-state index in [1.54, 1.807) is 7.11 Å². The number of rotatable bonds is 9. The number of halogens is 1. The third-order valence-corrected chi connectivity index (χ3v) is 5.41. The predicted molar refractivity (Wildman–Crippen MR) is 115 cm³/mol. The molecule has 0 heterocycles. The van der Waals surface area contributed by atoms with E-state index in [0.29, 0.717) is 13.2 Å². The molecule has 0 aromatic heterocycles. The molecule has 2 aromatic rings. The minimum absolute atomic E-state index is 0.133. The van der Waals surface area contributed by atoms with Crippen LogP contribution in [0.15, 0.2) is 40.9 Å². The van der Waals surface area contributed by atoms with E-state index in [4.69, 9.17) is 9.47 Å². The number of hydrogen-bond acceptors (Lipinski definition) is 4. The van der Waals surface area contributed by atoms with Crippen molar-refractivity contribution in [1.82, 2.24) is 5.32 Å². The van der Waals surface area contributed by atoms with Crippen molar-refractivity contribution < 1.29 is 14.3 Å². The van der Waals surface area contributed by atoms with E-state index >= 15 is 0 Å². The van der Waals surface area contributed by atoms with Crippen LogP contribution in [0.2, 0.25) is 0 Å². The standard InChI is InChI=1S/C22H27BrN2O3/c1-4-28-21-19(23)11-15(12-20(21)27-3)13-24-14(2)16-7-9-18(10-8-16)25-22(26)17-5-6-17/h7-12,14,17,24H,4-6,13H2,1-3H3,(H,25,26). The van der Waals surface area contributed by atoms with Gasteiger partial charge in [0.15, 0.2) is 11.5 Å². The molecule has 0 saturated heterocycles. The minimum Gasteiger partial charge on any atom is -0.493 e. The third-order valence-electron chi connectivity index (χ3n) is 4.82. The molecule has 5 nitrogen and oxygen atoms in total. The summed E-state index contributed by atoms with van der Waals surface area (Å²) in [4.78, 5) is 11.9. The second-order valence-electron chi connectivity index (χ2n) is 7.03. The molecular weight excluding hydrogens is 420 g/mol. The van der Waals surface area contributed by atoms with Gasteiger partial charge in [0.25, 0.3) is 0 Å². The van der Waals surface area contributed by atoms with Crippen LogP contribution in [-0.4, -0.2) is 19.6 Å². The van der Waals surface area contributed by atoms with E-state index in [-0.39, 0.29) is 17.9 Å². The molecule has 1 atom stereocenters. The molecule has 6 heteroatoms. The molecule has 1 fully saturated rings. The van der Waals surface area contributed by atoms with Gasteiger partial charge in [0, 0.05) is 24.2 Å². The van der Waals surface area contributed by atoms with Gasteiger partial charge in [0.05, 0.1) is 18.2 Å². The second kappa shape index (κ2) is 9.43. The maximum atomic E-state index is 11.9. The minimum atomic E-state index is 0.133.